The van der Waals surface area contributed by atoms with E-state index in [0.29, 0.717) is 0 Å². The van der Waals surface area contributed by atoms with Crippen LogP contribution in [0.2, 0.25) is 0 Å². The van der Waals surface area contributed by atoms with Crippen LogP contribution >= 0.6 is 11.3 Å². The molecule has 0 radical (unpaired) electrons. The van der Waals surface area contributed by atoms with Gasteiger partial charge in [-0.15, -0.1) is 0 Å². The fourth-order valence-electron chi connectivity index (χ4n) is 2.48. The first kappa shape index (κ1) is 13.1. The van der Waals surface area contributed by atoms with E-state index in [9.17, 15) is 8.42 Å². The molecule has 17 heavy (non-hydrogen) atoms. The highest BCUT2D eigenvalue weighted by Gasteiger charge is 2.34. The summed E-state index contributed by atoms with van der Waals surface area (Å²) >= 11 is 1.70. The fourth-order valence-corrected chi connectivity index (χ4v) is 4.76. The molecular weight excluding hydrogens is 254 g/mol. The van der Waals surface area contributed by atoms with Crippen LogP contribution in [0.15, 0.2) is 10.8 Å². The molecule has 0 spiro atoms. The largest absolute Gasteiger partial charge is 0.309 e. The Labute approximate surface area is 107 Å². The van der Waals surface area contributed by atoms with Crippen molar-refractivity contribution >= 4 is 21.2 Å². The molecule has 0 bridgehead atoms. The summed E-state index contributed by atoms with van der Waals surface area (Å²) in [6.07, 6.45) is 4.14. The highest BCUT2D eigenvalue weighted by molar-refractivity contribution is 7.91. The van der Waals surface area contributed by atoms with E-state index >= 15 is 0 Å². The Balaban J connectivity index is 1.98. The molecule has 2 unspecified atom stereocenters. The van der Waals surface area contributed by atoms with Crippen LogP contribution in [-0.4, -0.2) is 26.0 Å². The second-order valence-corrected chi connectivity index (χ2v) is 7.87. The van der Waals surface area contributed by atoms with Gasteiger partial charge in [0.25, 0.3) is 0 Å². The van der Waals surface area contributed by atoms with Crippen molar-refractivity contribution in [3.05, 3.63) is 21.9 Å². The topological polar surface area (TPSA) is 46.2 Å². The third kappa shape index (κ3) is 3.09. The summed E-state index contributed by atoms with van der Waals surface area (Å²) in [5.74, 6) is 0. The maximum absolute atomic E-state index is 11.6. The van der Waals surface area contributed by atoms with E-state index in [1.54, 1.807) is 11.3 Å². The summed E-state index contributed by atoms with van der Waals surface area (Å²) < 4.78 is 23.3. The highest BCUT2D eigenvalue weighted by Crippen LogP contribution is 2.25. The Morgan fingerprint density at radius 1 is 1.41 bits per heavy atom. The van der Waals surface area contributed by atoms with Crippen LogP contribution in [0.3, 0.4) is 0 Å². The molecule has 1 aliphatic rings. The van der Waals surface area contributed by atoms with Gasteiger partial charge < -0.3 is 5.32 Å². The van der Waals surface area contributed by atoms with Gasteiger partial charge in [0.1, 0.15) is 0 Å². The second-order valence-electron chi connectivity index (χ2n) is 4.87. The summed E-state index contributed by atoms with van der Waals surface area (Å²) in [7, 11) is -2.91. The van der Waals surface area contributed by atoms with Crippen LogP contribution in [0, 0.1) is 6.92 Å². The quantitative estimate of drug-likeness (QED) is 0.914. The summed E-state index contributed by atoms with van der Waals surface area (Å²) in [5, 5.41) is 7.47. The number of sulfone groups is 1. The molecule has 1 fully saturated rings. The van der Waals surface area contributed by atoms with Gasteiger partial charge in [0, 0.05) is 18.8 Å². The number of aryl methyl sites for hydroxylation is 1. The average Bonchev–Trinajstić information content (AvgIpc) is 2.82. The number of nitrogens with one attached hydrogen (secondary N) is 1. The molecular formula is C12H19NO2S2. The van der Waals surface area contributed by atoms with E-state index in [2.05, 4.69) is 23.0 Å². The van der Waals surface area contributed by atoms with Crippen LogP contribution in [0.4, 0.5) is 0 Å². The lowest BCUT2D eigenvalue weighted by Gasteiger charge is -2.19. The molecule has 1 aliphatic carbocycles. The van der Waals surface area contributed by atoms with Gasteiger partial charge in [-0.25, -0.2) is 8.42 Å². The summed E-state index contributed by atoms with van der Waals surface area (Å²) in [4.78, 5) is 0. The van der Waals surface area contributed by atoms with E-state index < -0.39 is 9.84 Å². The minimum absolute atomic E-state index is 0.129. The smallest absolute Gasteiger partial charge is 0.151 e. The number of rotatable bonds is 4. The zero-order valence-corrected chi connectivity index (χ0v) is 11.9. The van der Waals surface area contributed by atoms with Crippen molar-refractivity contribution < 1.29 is 8.42 Å². The molecule has 0 saturated heterocycles. The lowest BCUT2D eigenvalue weighted by atomic mass is 10.2. The lowest BCUT2D eigenvalue weighted by Crippen LogP contribution is -2.39. The molecule has 1 N–H and O–H groups in total. The van der Waals surface area contributed by atoms with Gasteiger partial charge in [0.2, 0.25) is 0 Å². The van der Waals surface area contributed by atoms with Gasteiger partial charge in [-0.1, -0.05) is 6.42 Å². The Morgan fingerprint density at radius 3 is 2.76 bits per heavy atom. The van der Waals surface area contributed by atoms with Crippen LogP contribution in [-0.2, 0) is 16.4 Å². The third-order valence-electron chi connectivity index (χ3n) is 3.52. The van der Waals surface area contributed by atoms with Crippen LogP contribution in [0.5, 0.6) is 0 Å². The summed E-state index contributed by atoms with van der Waals surface area (Å²) in [6, 6.07) is 0.129. The van der Waals surface area contributed by atoms with E-state index in [1.165, 1.54) is 17.4 Å². The lowest BCUT2D eigenvalue weighted by molar-refractivity contribution is 0.507. The van der Waals surface area contributed by atoms with Crippen molar-refractivity contribution in [3.8, 4) is 0 Å². The van der Waals surface area contributed by atoms with E-state index in [0.717, 1.165) is 25.8 Å². The van der Waals surface area contributed by atoms with Gasteiger partial charge in [-0.3, -0.25) is 0 Å². The maximum Gasteiger partial charge on any atom is 0.151 e. The maximum atomic E-state index is 11.6. The molecule has 5 heteroatoms. The molecule has 2 rings (SSSR count). The van der Waals surface area contributed by atoms with Gasteiger partial charge in [0.15, 0.2) is 9.84 Å². The molecule has 0 amide bonds. The first-order valence-corrected chi connectivity index (χ1v) is 8.82. The summed E-state index contributed by atoms with van der Waals surface area (Å²) in [6.45, 7) is 2.88. The number of thiophene rings is 1. The van der Waals surface area contributed by atoms with Crippen molar-refractivity contribution in [2.75, 3.05) is 6.26 Å². The van der Waals surface area contributed by atoms with Crippen LogP contribution in [0.1, 0.15) is 30.4 Å². The Kier molecular flexibility index (Phi) is 3.90. The molecule has 1 heterocycles. The van der Waals surface area contributed by atoms with Gasteiger partial charge >= 0.3 is 0 Å². The molecule has 2 atom stereocenters. The predicted molar refractivity (Wildman–Crippen MR) is 72.2 cm³/mol. The first-order valence-electron chi connectivity index (χ1n) is 5.92. The first-order chi connectivity index (χ1) is 7.98. The normalized spacial score (nSPS) is 25.3. The second kappa shape index (κ2) is 5.08. The third-order valence-corrected chi connectivity index (χ3v) is 6.09. The average molecular weight is 273 g/mol. The standard InChI is InChI=1S/C12H19NO2S2/c1-9-7-16-8-10(9)6-13-11-4-3-5-12(11)17(2,14)15/h7-8,11-13H,3-6H2,1-2H3. The van der Waals surface area contributed by atoms with Gasteiger partial charge in [-0.2, -0.15) is 11.3 Å². The fraction of sp³-hybridized carbons (Fsp3) is 0.667. The van der Waals surface area contributed by atoms with E-state index in [1.807, 2.05) is 0 Å². The molecule has 0 aromatic carbocycles. The molecule has 96 valence electrons. The number of hydrogen-bond acceptors (Lipinski definition) is 4. The van der Waals surface area contributed by atoms with Crippen LogP contribution in [0.25, 0.3) is 0 Å². The number of hydrogen-bond donors (Lipinski definition) is 1. The minimum atomic E-state index is -2.91. The van der Waals surface area contributed by atoms with Crippen molar-refractivity contribution in [1.29, 1.82) is 0 Å². The Bertz CT molecular complexity index is 478. The molecule has 3 nitrogen and oxygen atoms in total. The van der Waals surface area contributed by atoms with Crippen molar-refractivity contribution in [1.82, 2.24) is 5.32 Å². The molecule has 0 aliphatic heterocycles. The highest BCUT2D eigenvalue weighted by atomic mass is 32.2. The summed E-state index contributed by atoms with van der Waals surface area (Å²) in [5.41, 5.74) is 2.57. The van der Waals surface area contributed by atoms with Crippen LogP contribution < -0.4 is 5.32 Å². The molecule has 1 aromatic rings. The minimum Gasteiger partial charge on any atom is -0.309 e. The van der Waals surface area contributed by atoms with Crippen molar-refractivity contribution in [2.24, 2.45) is 0 Å². The zero-order valence-electron chi connectivity index (χ0n) is 10.3. The zero-order chi connectivity index (χ0) is 12.5. The van der Waals surface area contributed by atoms with Crippen molar-refractivity contribution in [3.63, 3.8) is 0 Å². The SMILES string of the molecule is Cc1cscc1CNC1CCCC1S(C)(=O)=O. The Hall–Kier alpha value is -0.390. The van der Waals surface area contributed by atoms with E-state index in [-0.39, 0.29) is 11.3 Å². The molecule has 1 aromatic heterocycles. The molecule has 1 saturated carbocycles. The van der Waals surface area contributed by atoms with E-state index in [4.69, 9.17) is 0 Å². The Morgan fingerprint density at radius 2 is 2.18 bits per heavy atom. The van der Waals surface area contributed by atoms with Gasteiger partial charge in [0.05, 0.1) is 5.25 Å². The van der Waals surface area contributed by atoms with Gasteiger partial charge in [-0.05, 0) is 41.7 Å². The van der Waals surface area contributed by atoms with Crippen molar-refractivity contribution in [2.45, 2.75) is 44.0 Å². The predicted octanol–water partition coefficient (Wildman–Crippen LogP) is 2.11. The monoisotopic (exact) mass is 273 g/mol.